The van der Waals surface area contributed by atoms with Crippen molar-refractivity contribution in [2.24, 2.45) is 0 Å². The summed E-state index contributed by atoms with van der Waals surface area (Å²) in [4.78, 5) is 12.6. The molecule has 3 aromatic carbocycles. The Balaban J connectivity index is 1.82. The molecule has 0 heterocycles. The number of hydrogen-bond acceptors (Lipinski definition) is 5. The number of nitrogens with one attached hydrogen (secondary N) is 1. The topological polar surface area (TPSA) is 80.6 Å². The van der Waals surface area contributed by atoms with Gasteiger partial charge in [0.05, 0.1) is 14.2 Å². The number of methoxy groups -OCH3 is 2. The Morgan fingerprint density at radius 2 is 1.65 bits per heavy atom. The van der Waals surface area contributed by atoms with Crippen molar-refractivity contribution in [1.82, 2.24) is 0 Å². The highest BCUT2D eigenvalue weighted by atomic mass is 16.5. The van der Waals surface area contributed by atoms with Gasteiger partial charge >= 0.3 is 0 Å². The molecule has 0 aliphatic carbocycles. The minimum absolute atomic E-state index is 0.0504. The summed E-state index contributed by atoms with van der Waals surface area (Å²) in [5.74, 6) is 1.28. The van der Waals surface area contributed by atoms with Gasteiger partial charge in [0.2, 0.25) is 0 Å². The molecule has 1 N–H and O–H groups in total. The predicted molar refractivity (Wildman–Crippen MR) is 119 cm³/mol. The maximum atomic E-state index is 12.6. The van der Waals surface area contributed by atoms with E-state index in [1.165, 1.54) is 6.08 Å². The molecule has 0 saturated carbocycles. The molecule has 0 fully saturated rings. The molecule has 0 saturated heterocycles. The molecule has 6 nitrogen and oxygen atoms in total. The Bertz CT molecular complexity index is 1100. The second kappa shape index (κ2) is 10.5. The zero-order chi connectivity index (χ0) is 22.1. The molecule has 0 spiro atoms. The van der Waals surface area contributed by atoms with Crippen LogP contribution in [0.4, 0.5) is 5.69 Å². The molecule has 156 valence electrons. The van der Waals surface area contributed by atoms with E-state index >= 15 is 0 Å². The minimum Gasteiger partial charge on any atom is -0.497 e. The van der Waals surface area contributed by atoms with Gasteiger partial charge in [-0.1, -0.05) is 30.3 Å². The summed E-state index contributed by atoms with van der Waals surface area (Å²) in [5.41, 5.74) is 2.10. The van der Waals surface area contributed by atoms with Gasteiger partial charge < -0.3 is 19.5 Å². The van der Waals surface area contributed by atoms with E-state index < -0.39 is 5.91 Å². The number of carbonyl (C=O) groups is 1. The number of nitriles is 1. The largest absolute Gasteiger partial charge is 0.497 e. The lowest BCUT2D eigenvalue weighted by Crippen LogP contribution is -2.13. The second-order valence-corrected chi connectivity index (χ2v) is 6.53. The fourth-order valence-electron chi connectivity index (χ4n) is 2.80. The van der Waals surface area contributed by atoms with Crippen molar-refractivity contribution in [2.75, 3.05) is 19.5 Å². The Morgan fingerprint density at radius 3 is 2.29 bits per heavy atom. The van der Waals surface area contributed by atoms with Crippen molar-refractivity contribution in [3.05, 3.63) is 89.5 Å². The number of benzene rings is 3. The van der Waals surface area contributed by atoms with Crippen molar-refractivity contribution < 1.29 is 19.0 Å². The molecule has 0 atom stereocenters. The van der Waals surface area contributed by atoms with Gasteiger partial charge in [-0.05, 0) is 48.0 Å². The van der Waals surface area contributed by atoms with Gasteiger partial charge in [-0.25, -0.2) is 0 Å². The Kier molecular flexibility index (Phi) is 7.28. The Morgan fingerprint density at radius 1 is 0.968 bits per heavy atom. The molecular formula is C25H22N2O4. The summed E-state index contributed by atoms with van der Waals surface area (Å²) < 4.78 is 16.3. The summed E-state index contributed by atoms with van der Waals surface area (Å²) >= 11 is 0. The molecule has 3 rings (SSSR count). The van der Waals surface area contributed by atoms with Crippen molar-refractivity contribution in [3.63, 3.8) is 0 Å². The second-order valence-electron chi connectivity index (χ2n) is 6.53. The lowest BCUT2D eigenvalue weighted by Gasteiger charge is -2.12. The third-order valence-corrected chi connectivity index (χ3v) is 4.47. The molecular weight excluding hydrogens is 392 g/mol. The van der Waals surface area contributed by atoms with Crippen LogP contribution < -0.4 is 19.5 Å². The van der Waals surface area contributed by atoms with Crippen LogP contribution in [0.15, 0.2) is 78.4 Å². The third-order valence-electron chi connectivity index (χ3n) is 4.47. The highest BCUT2D eigenvalue weighted by molar-refractivity contribution is 6.09. The maximum Gasteiger partial charge on any atom is 0.266 e. The zero-order valence-electron chi connectivity index (χ0n) is 17.3. The van der Waals surface area contributed by atoms with Crippen LogP contribution in [0.3, 0.4) is 0 Å². The highest BCUT2D eigenvalue weighted by Crippen LogP contribution is 2.28. The number of hydrogen-bond donors (Lipinski definition) is 1. The average Bonchev–Trinajstić information content (AvgIpc) is 2.82. The number of amides is 1. The molecule has 0 unspecified atom stereocenters. The summed E-state index contributed by atoms with van der Waals surface area (Å²) in [5, 5.41) is 12.3. The quantitative estimate of drug-likeness (QED) is 0.422. The smallest absolute Gasteiger partial charge is 0.266 e. The maximum absolute atomic E-state index is 12.6. The van der Waals surface area contributed by atoms with Gasteiger partial charge in [-0.15, -0.1) is 0 Å². The molecule has 0 radical (unpaired) electrons. The molecule has 3 aromatic rings. The molecule has 0 bridgehead atoms. The standard InChI is InChI=1S/C25H22N2O4/c1-29-22-12-9-21(10-13-22)27-25(28)20(16-26)14-19-8-11-23(30-2)15-24(19)31-17-18-6-4-3-5-7-18/h3-15H,17H2,1-2H3,(H,27,28)/b20-14+. The van der Waals surface area contributed by atoms with Crippen LogP contribution in [0.2, 0.25) is 0 Å². The molecule has 0 aromatic heterocycles. The van der Waals surface area contributed by atoms with E-state index in [0.29, 0.717) is 35.1 Å². The van der Waals surface area contributed by atoms with E-state index in [2.05, 4.69) is 5.32 Å². The van der Waals surface area contributed by atoms with Crippen LogP contribution >= 0.6 is 0 Å². The van der Waals surface area contributed by atoms with Crippen molar-refractivity contribution in [2.45, 2.75) is 6.61 Å². The molecule has 31 heavy (non-hydrogen) atoms. The molecule has 6 heteroatoms. The van der Waals surface area contributed by atoms with Gasteiger partial charge in [0.15, 0.2) is 0 Å². The van der Waals surface area contributed by atoms with Crippen molar-refractivity contribution in [1.29, 1.82) is 5.26 Å². The number of rotatable bonds is 8. The fourth-order valence-corrected chi connectivity index (χ4v) is 2.80. The lowest BCUT2D eigenvalue weighted by atomic mass is 10.1. The van der Waals surface area contributed by atoms with Crippen LogP contribution in [0, 0.1) is 11.3 Å². The molecule has 1 amide bonds. The van der Waals surface area contributed by atoms with Gasteiger partial charge in [-0.2, -0.15) is 5.26 Å². The van der Waals surface area contributed by atoms with E-state index in [0.717, 1.165) is 5.56 Å². The summed E-state index contributed by atoms with van der Waals surface area (Å²) in [6.45, 7) is 0.342. The van der Waals surface area contributed by atoms with Crippen molar-refractivity contribution >= 4 is 17.7 Å². The number of carbonyl (C=O) groups excluding carboxylic acids is 1. The van der Waals surface area contributed by atoms with E-state index in [1.54, 1.807) is 56.7 Å². The average molecular weight is 414 g/mol. The summed E-state index contributed by atoms with van der Waals surface area (Å²) in [6, 6.07) is 23.8. The first-order chi connectivity index (χ1) is 15.1. The molecule has 0 aliphatic heterocycles. The number of anilines is 1. The van der Waals surface area contributed by atoms with E-state index in [-0.39, 0.29) is 5.57 Å². The van der Waals surface area contributed by atoms with E-state index in [4.69, 9.17) is 14.2 Å². The first kappa shape index (κ1) is 21.5. The van der Waals surface area contributed by atoms with E-state index in [1.807, 2.05) is 36.4 Å². The zero-order valence-corrected chi connectivity index (χ0v) is 17.3. The first-order valence-electron chi connectivity index (χ1n) is 9.55. The van der Waals surface area contributed by atoms with E-state index in [9.17, 15) is 10.1 Å². The van der Waals surface area contributed by atoms with Gasteiger partial charge in [0, 0.05) is 17.3 Å². The number of nitrogens with zero attached hydrogens (tertiary/aromatic N) is 1. The van der Waals surface area contributed by atoms with Crippen LogP contribution in [0.25, 0.3) is 6.08 Å². The third kappa shape index (κ3) is 5.87. The summed E-state index contributed by atoms with van der Waals surface area (Å²) in [7, 11) is 3.13. The number of ether oxygens (including phenoxy) is 3. The fraction of sp³-hybridized carbons (Fsp3) is 0.120. The summed E-state index contributed by atoms with van der Waals surface area (Å²) in [6.07, 6.45) is 1.50. The van der Waals surface area contributed by atoms with Crippen LogP contribution in [0.5, 0.6) is 17.2 Å². The Labute approximate surface area is 181 Å². The van der Waals surface area contributed by atoms with Gasteiger partial charge in [0.1, 0.15) is 35.5 Å². The van der Waals surface area contributed by atoms with Gasteiger partial charge in [0.25, 0.3) is 5.91 Å². The Hall–Kier alpha value is -4.24. The predicted octanol–water partition coefficient (Wildman–Crippen LogP) is 4.83. The van der Waals surface area contributed by atoms with Crippen molar-refractivity contribution in [3.8, 4) is 23.3 Å². The van der Waals surface area contributed by atoms with Crippen LogP contribution in [0.1, 0.15) is 11.1 Å². The minimum atomic E-state index is -0.516. The van der Waals surface area contributed by atoms with Crippen LogP contribution in [-0.2, 0) is 11.4 Å². The highest BCUT2D eigenvalue weighted by Gasteiger charge is 2.12. The lowest BCUT2D eigenvalue weighted by molar-refractivity contribution is -0.112. The van der Waals surface area contributed by atoms with Gasteiger partial charge in [-0.3, -0.25) is 4.79 Å². The SMILES string of the molecule is COc1ccc(NC(=O)/C(C#N)=C/c2ccc(OC)cc2OCc2ccccc2)cc1. The first-order valence-corrected chi connectivity index (χ1v) is 9.55. The normalized spacial score (nSPS) is 10.7. The monoisotopic (exact) mass is 414 g/mol. The van der Waals surface area contributed by atoms with Crippen LogP contribution in [-0.4, -0.2) is 20.1 Å². The molecule has 0 aliphatic rings.